The maximum absolute atomic E-state index is 14.9. The molecule has 0 saturated carbocycles. The van der Waals surface area contributed by atoms with E-state index in [2.05, 4.69) is 4.98 Å². The highest BCUT2D eigenvalue weighted by atomic mass is 32.2. The first-order valence-corrected chi connectivity index (χ1v) is 12.5. The summed E-state index contributed by atoms with van der Waals surface area (Å²) in [5, 5.41) is 9.40. The minimum atomic E-state index is -4.90. The summed E-state index contributed by atoms with van der Waals surface area (Å²) in [5.74, 6) is -1.68. The number of piperazine rings is 1. The molecule has 3 heterocycles. The number of hydrogen-bond acceptors (Lipinski definition) is 5. The van der Waals surface area contributed by atoms with Crippen molar-refractivity contribution in [2.75, 3.05) is 30.3 Å². The van der Waals surface area contributed by atoms with Crippen LogP contribution in [0.5, 0.6) is 0 Å². The van der Waals surface area contributed by atoms with E-state index >= 15 is 0 Å². The van der Waals surface area contributed by atoms with Gasteiger partial charge in [-0.2, -0.15) is 18.2 Å². The average molecular weight is 541 g/mol. The zero-order valence-corrected chi connectivity index (χ0v) is 20.3. The monoisotopic (exact) mass is 540 g/mol. The molecular weight excluding hydrogens is 519 g/mol. The van der Waals surface area contributed by atoms with Crippen molar-refractivity contribution in [2.24, 2.45) is 0 Å². The number of halogens is 5. The first-order valence-electron chi connectivity index (χ1n) is 11.5. The van der Waals surface area contributed by atoms with Crippen LogP contribution in [0.4, 0.5) is 32.6 Å². The molecular formula is C24H21F5N4O3S. The Bertz CT molecular complexity index is 1480. The van der Waals surface area contributed by atoms with Crippen LogP contribution in [0.15, 0.2) is 34.0 Å². The van der Waals surface area contributed by atoms with E-state index in [9.17, 15) is 36.6 Å². The molecule has 0 bridgehead atoms. The second kappa shape index (κ2) is 9.19. The van der Waals surface area contributed by atoms with Gasteiger partial charge in [0, 0.05) is 59.7 Å². The second-order valence-electron chi connectivity index (χ2n) is 8.99. The Balaban J connectivity index is 1.85. The number of aryl methyl sites for hydroxylation is 1. The van der Waals surface area contributed by atoms with Gasteiger partial charge in [0.1, 0.15) is 17.5 Å². The summed E-state index contributed by atoms with van der Waals surface area (Å²) >= 11 is 1.08. The van der Waals surface area contributed by atoms with E-state index in [0.717, 1.165) is 30.0 Å². The summed E-state index contributed by atoms with van der Waals surface area (Å²) < 4.78 is 73.3. The van der Waals surface area contributed by atoms with Crippen molar-refractivity contribution >= 4 is 34.6 Å². The highest BCUT2D eigenvalue weighted by Gasteiger charge is 2.39. The summed E-state index contributed by atoms with van der Waals surface area (Å²) in [7, 11) is 0. The van der Waals surface area contributed by atoms with E-state index in [1.54, 1.807) is 11.8 Å². The fourth-order valence-corrected chi connectivity index (χ4v) is 6.18. The molecule has 0 radical (unpaired) electrons. The Hall–Kier alpha value is -3.35. The predicted molar refractivity (Wildman–Crippen MR) is 128 cm³/mol. The van der Waals surface area contributed by atoms with Crippen molar-refractivity contribution < 1.29 is 31.9 Å². The highest BCUT2D eigenvalue weighted by Crippen LogP contribution is 2.48. The maximum Gasteiger partial charge on any atom is 0.417 e. The van der Waals surface area contributed by atoms with Crippen LogP contribution in [0, 0.1) is 11.6 Å². The van der Waals surface area contributed by atoms with Gasteiger partial charge in [0.25, 0.3) is 0 Å². The van der Waals surface area contributed by atoms with Crippen LogP contribution >= 0.6 is 11.8 Å². The zero-order valence-electron chi connectivity index (χ0n) is 19.5. The van der Waals surface area contributed by atoms with Crippen LogP contribution in [-0.4, -0.2) is 57.1 Å². The number of aromatic nitrogens is 2. The third-order valence-electron chi connectivity index (χ3n) is 6.65. The molecule has 2 aliphatic heterocycles. The van der Waals surface area contributed by atoms with Gasteiger partial charge in [-0.05, 0) is 37.3 Å². The number of benzene rings is 2. The quantitative estimate of drug-likeness (QED) is 0.459. The molecule has 196 valence electrons. The minimum Gasteiger partial charge on any atom is -0.465 e. The first-order chi connectivity index (χ1) is 17.5. The third-order valence-corrected chi connectivity index (χ3v) is 7.83. The summed E-state index contributed by atoms with van der Waals surface area (Å²) in [6.45, 7) is 2.19. The van der Waals surface area contributed by atoms with Gasteiger partial charge >= 0.3 is 18.0 Å². The summed E-state index contributed by atoms with van der Waals surface area (Å²) in [6, 6.07) is 2.80. The Labute approximate surface area is 211 Å². The van der Waals surface area contributed by atoms with Gasteiger partial charge in [-0.15, -0.1) is 11.8 Å². The lowest BCUT2D eigenvalue weighted by Crippen LogP contribution is -2.54. The molecule has 2 aliphatic rings. The van der Waals surface area contributed by atoms with E-state index in [1.165, 1.54) is 9.47 Å². The number of thioether (sulfide) groups is 1. The Morgan fingerprint density at radius 3 is 2.57 bits per heavy atom. The molecule has 1 N–H and O–H groups in total. The van der Waals surface area contributed by atoms with Gasteiger partial charge < -0.3 is 14.9 Å². The number of hydrogen-bond donors (Lipinski definition) is 1. The molecule has 1 fully saturated rings. The number of rotatable bonds is 2. The standard InChI is InChI=1S/C24H21F5N4O3S/c1-12-11-31(23(35)36)6-7-32(12)21-15-10-16(24(27,28)29)18(14-4-3-13(25)9-17(14)26)20-19(15)33(22(34)30-21)5-2-8-37-20/h3-4,9-10,12H,2,5-8,11H2,1H3,(H,35,36)/t12-/m0/s1. The average Bonchev–Trinajstić information content (AvgIpc) is 3.05. The SMILES string of the molecule is C[C@H]1CN(C(=O)O)CCN1c1nc(=O)n2c3c(c(-c4ccc(F)cc4F)c(C(F)(F)F)cc13)SCCC2. The Kier molecular flexibility index (Phi) is 6.29. The van der Waals surface area contributed by atoms with Crippen LogP contribution in [0.2, 0.25) is 0 Å². The lowest BCUT2D eigenvalue weighted by molar-refractivity contribution is -0.137. The van der Waals surface area contributed by atoms with Crippen LogP contribution in [0.1, 0.15) is 18.9 Å². The van der Waals surface area contributed by atoms with Crippen molar-refractivity contribution in [1.29, 1.82) is 0 Å². The van der Waals surface area contributed by atoms with Gasteiger partial charge in [0.2, 0.25) is 0 Å². The van der Waals surface area contributed by atoms with Crippen LogP contribution in [-0.2, 0) is 12.7 Å². The van der Waals surface area contributed by atoms with Crippen LogP contribution < -0.4 is 10.6 Å². The second-order valence-corrected chi connectivity index (χ2v) is 10.1. The number of anilines is 1. The number of amides is 1. The summed E-state index contributed by atoms with van der Waals surface area (Å²) in [6.07, 6.45) is -5.55. The molecule has 0 unspecified atom stereocenters. The van der Waals surface area contributed by atoms with E-state index in [-0.39, 0.29) is 47.8 Å². The van der Waals surface area contributed by atoms with Crippen molar-refractivity contribution in [3.8, 4) is 11.1 Å². The Morgan fingerprint density at radius 1 is 1.16 bits per heavy atom. The van der Waals surface area contributed by atoms with Gasteiger partial charge in [-0.3, -0.25) is 4.57 Å². The molecule has 1 atom stereocenters. The fourth-order valence-electron chi connectivity index (χ4n) is 4.99. The predicted octanol–water partition coefficient (Wildman–Crippen LogP) is 5.04. The topological polar surface area (TPSA) is 78.7 Å². The number of carboxylic acid groups (broad SMARTS) is 1. The van der Waals surface area contributed by atoms with E-state index < -0.39 is 52.3 Å². The summed E-state index contributed by atoms with van der Waals surface area (Å²) in [4.78, 5) is 31.6. The molecule has 1 aromatic heterocycles. The number of carbonyl (C=O) groups is 1. The van der Waals surface area contributed by atoms with Gasteiger partial charge in [-0.25, -0.2) is 18.4 Å². The lowest BCUT2D eigenvalue weighted by Gasteiger charge is -2.40. The van der Waals surface area contributed by atoms with Crippen molar-refractivity contribution in [3.05, 3.63) is 51.9 Å². The van der Waals surface area contributed by atoms with Gasteiger partial charge in [-0.1, -0.05) is 0 Å². The fraction of sp³-hybridized carbons (Fsp3) is 0.375. The molecule has 1 amide bonds. The molecule has 3 aromatic rings. The number of nitrogens with zero attached hydrogens (tertiary/aromatic N) is 4. The molecule has 5 rings (SSSR count). The van der Waals surface area contributed by atoms with E-state index in [4.69, 9.17) is 0 Å². The zero-order chi connectivity index (χ0) is 26.6. The largest absolute Gasteiger partial charge is 0.465 e. The smallest absolute Gasteiger partial charge is 0.417 e. The molecule has 0 aliphatic carbocycles. The van der Waals surface area contributed by atoms with Crippen LogP contribution in [0.25, 0.3) is 22.0 Å². The molecule has 0 spiro atoms. The van der Waals surface area contributed by atoms with E-state index in [1.807, 2.05) is 0 Å². The molecule has 13 heteroatoms. The minimum absolute atomic E-state index is 0.0224. The first kappa shape index (κ1) is 25.3. The molecule has 1 saturated heterocycles. The number of alkyl halides is 3. The van der Waals surface area contributed by atoms with Crippen molar-refractivity contribution in [2.45, 2.75) is 37.0 Å². The third kappa shape index (κ3) is 4.38. The Morgan fingerprint density at radius 2 is 1.92 bits per heavy atom. The maximum atomic E-state index is 14.9. The molecule has 37 heavy (non-hydrogen) atoms. The van der Waals surface area contributed by atoms with Gasteiger partial charge in [0.05, 0.1) is 11.1 Å². The summed E-state index contributed by atoms with van der Waals surface area (Å²) in [5.41, 5.74) is -2.44. The highest BCUT2D eigenvalue weighted by molar-refractivity contribution is 7.99. The normalized spacial score (nSPS) is 18.3. The van der Waals surface area contributed by atoms with Gasteiger partial charge in [0.15, 0.2) is 0 Å². The molecule has 7 nitrogen and oxygen atoms in total. The van der Waals surface area contributed by atoms with Crippen molar-refractivity contribution in [1.82, 2.24) is 14.5 Å². The molecule has 2 aromatic carbocycles. The van der Waals surface area contributed by atoms with Crippen LogP contribution in [0.3, 0.4) is 0 Å². The van der Waals surface area contributed by atoms with E-state index in [0.29, 0.717) is 18.2 Å². The van der Waals surface area contributed by atoms with Crippen molar-refractivity contribution in [3.63, 3.8) is 0 Å². The lowest BCUT2D eigenvalue weighted by atomic mass is 9.95.